The van der Waals surface area contributed by atoms with E-state index in [2.05, 4.69) is 0 Å². The molecule has 23 heavy (non-hydrogen) atoms. The minimum atomic E-state index is -0.348. The third kappa shape index (κ3) is 2.36. The number of hydrogen-bond donors (Lipinski definition) is 0. The lowest BCUT2D eigenvalue weighted by atomic mass is 10.1. The van der Waals surface area contributed by atoms with Crippen LogP contribution in [0.25, 0.3) is 0 Å². The molecular weight excluding hydrogens is 300 g/mol. The molecule has 1 fully saturated rings. The van der Waals surface area contributed by atoms with Gasteiger partial charge >= 0.3 is 6.09 Å². The van der Waals surface area contributed by atoms with Crippen molar-refractivity contribution in [2.75, 3.05) is 13.3 Å². The number of fused-ring (bicyclic) bond motifs is 3. The molecule has 3 aliphatic rings. The highest BCUT2D eigenvalue weighted by atomic mass is 16.7. The first kappa shape index (κ1) is 14.2. The molecule has 0 aliphatic carbocycles. The second-order valence-corrected chi connectivity index (χ2v) is 6.19. The average molecular weight is 318 g/mol. The monoisotopic (exact) mass is 318 g/mol. The van der Waals surface area contributed by atoms with Gasteiger partial charge in [-0.05, 0) is 18.6 Å². The molecule has 4 rings (SSSR count). The molecule has 122 valence electrons. The molecule has 0 spiro atoms. The van der Waals surface area contributed by atoms with E-state index in [0.29, 0.717) is 26.1 Å². The Kier molecular flexibility index (Phi) is 3.28. The van der Waals surface area contributed by atoms with Gasteiger partial charge in [0, 0.05) is 24.6 Å². The number of rotatable bonds is 2. The van der Waals surface area contributed by atoms with Crippen LogP contribution in [0, 0.1) is 0 Å². The molecule has 3 aliphatic heterocycles. The van der Waals surface area contributed by atoms with Crippen LogP contribution in [-0.2, 0) is 22.6 Å². The Morgan fingerprint density at radius 2 is 2.22 bits per heavy atom. The number of carbonyl (C=O) groups excluding carboxylic acids is 2. The van der Waals surface area contributed by atoms with E-state index in [0.717, 1.165) is 29.0 Å². The predicted molar refractivity (Wildman–Crippen MR) is 78.9 cm³/mol. The average Bonchev–Trinajstić information content (AvgIpc) is 3.22. The summed E-state index contributed by atoms with van der Waals surface area (Å²) in [5.74, 6) is 1.46. The highest BCUT2D eigenvalue weighted by molar-refractivity contribution is 5.70. The van der Waals surface area contributed by atoms with E-state index in [1.807, 2.05) is 19.1 Å². The zero-order chi connectivity index (χ0) is 16.0. The van der Waals surface area contributed by atoms with E-state index >= 15 is 0 Å². The normalized spacial score (nSPS) is 24.7. The molecule has 0 aromatic heterocycles. The fraction of sp³-hybridized carbons (Fsp3) is 0.500. The van der Waals surface area contributed by atoms with Crippen molar-refractivity contribution in [3.8, 4) is 11.5 Å². The van der Waals surface area contributed by atoms with Crippen molar-refractivity contribution >= 4 is 12.5 Å². The minimum absolute atomic E-state index is 0.106. The fourth-order valence-corrected chi connectivity index (χ4v) is 3.43. The van der Waals surface area contributed by atoms with Crippen LogP contribution in [0.4, 0.5) is 4.79 Å². The summed E-state index contributed by atoms with van der Waals surface area (Å²) < 4.78 is 16.4. The molecule has 7 nitrogen and oxygen atoms in total. The molecule has 1 aromatic rings. The van der Waals surface area contributed by atoms with Crippen LogP contribution in [0.1, 0.15) is 24.5 Å². The van der Waals surface area contributed by atoms with E-state index in [4.69, 9.17) is 14.2 Å². The molecule has 7 heteroatoms. The van der Waals surface area contributed by atoms with Crippen LogP contribution in [0.15, 0.2) is 12.1 Å². The number of hydrogen-bond acceptors (Lipinski definition) is 5. The molecule has 1 saturated heterocycles. The molecule has 2 unspecified atom stereocenters. The molecule has 3 heterocycles. The number of ether oxygens (including phenoxy) is 3. The summed E-state index contributed by atoms with van der Waals surface area (Å²) in [6.07, 6.45) is 0.901. The molecule has 0 bridgehead atoms. The fourth-order valence-electron chi connectivity index (χ4n) is 3.43. The SMILES string of the molecule is CC1CC(OC(=O)N2Cc3ccc4c(c3C2)OCO4)CN1C=O. The van der Waals surface area contributed by atoms with Gasteiger partial charge < -0.3 is 19.1 Å². The summed E-state index contributed by atoms with van der Waals surface area (Å²) in [4.78, 5) is 26.6. The van der Waals surface area contributed by atoms with Crippen molar-refractivity contribution in [3.05, 3.63) is 23.3 Å². The summed E-state index contributed by atoms with van der Waals surface area (Å²) in [7, 11) is 0. The second kappa shape index (κ2) is 5.33. The lowest BCUT2D eigenvalue weighted by molar-refractivity contribution is -0.118. The largest absolute Gasteiger partial charge is 0.454 e. The summed E-state index contributed by atoms with van der Waals surface area (Å²) in [5.41, 5.74) is 2.05. The quantitative estimate of drug-likeness (QED) is 0.773. The third-order valence-electron chi connectivity index (χ3n) is 4.69. The minimum Gasteiger partial charge on any atom is -0.454 e. The van der Waals surface area contributed by atoms with Crippen LogP contribution in [0.5, 0.6) is 11.5 Å². The lowest BCUT2D eigenvalue weighted by Crippen LogP contribution is -2.32. The van der Waals surface area contributed by atoms with Gasteiger partial charge in [0.2, 0.25) is 13.2 Å². The molecule has 0 radical (unpaired) electrons. The molecule has 2 amide bonds. The van der Waals surface area contributed by atoms with Crippen molar-refractivity contribution in [2.45, 2.75) is 38.6 Å². The van der Waals surface area contributed by atoms with Crippen molar-refractivity contribution < 1.29 is 23.8 Å². The zero-order valence-electron chi connectivity index (χ0n) is 12.9. The van der Waals surface area contributed by atoms with E-state index in [1.54, 1.807) is 9.80 Å². The summed E-state index contributed by atoms with van der Waals surface area (Å²) in [5, 5.41) is 0. The Balaban J connectivity index is 1.42. The molecule has 1 aromatic carbocycles. The van der Waals surface area contributed by atoms with Gasteiger partial charge in [-0.25, -0.2) is 4.79 Å². The third-order valence-corrected chi connectivity index (χ3v) is 4.69. The van der Waals surface area contributed by atoms with Gasteiger partial charge in [-0.15, -0.1) is 0 Å². The van der Waals surface area contributed by atoms with E-state index < -0.39 is 0 Å². The number of nitrogens with zero attached hydrogens (tertiary/aromatic N) is 2. The topological polar surface area (TPSA) is 68.3 Å². The lowest BCUT2D eigenvalue weighted by Gasteiger charge is -2.19. The van der Waals surface area contributed by atoms with Gasteiger partial charge in [0.25, 0.3) is 0 Å². The molecule has 2 atom stereocenters. The molecule has 0 N–H and O–H groups in total. The Morgan fingerprint density at radius 3 is 3.00 bits per heavy atom. The first-order chi connectivity index (χ1) is 11.2. The highest BCUT2D eigenvalue weighted by Gasteiger charge is 2.35. The van der Waals surface area contributed by atoms with E-state index in [1.165, 1.54) is 0 Å². The van der Waals surface area contributed by atoms with E-state index in [9.17, 15) is 9.59 Å². The Bertz CT molecular complexity index is 662. The maximum Gasteiger partial charge on any atom is 0.410 e. The predicted octanol–water partition coefficient (Wildman–Crippen LogP) is 1.49. The van der Waals surface area contributed by atoms with Gasteiger partial charge in [-0.1, -0.05) is 6.07 Å². The zero-order valence-corrected chi connectivity index (χ0v) is 12.9. The standard InChI is InChI=1S/C16H18N2O5/c1-10-4-12(6-18(10)8-19)23-16(20)17-5-11-2-3-14-15(13(11)7-17)22-9-21-14/h2-3,8,10,12H,4-7,9H2,1H3. The van der Waals surface area contributed by atoms with Crippen LogP contribution in [-0.4, -0.2) is 47.8 Å². The van der Waals surface area contributed by atoms with Crippen LogP contribution in [0.3, 0.4) is 0 Å². The summed E-state index contributed by atoms with van der Waals surface area (Å²) >= 11 is 0. The van der Waals surface area contributed by atoms with Crippen molar-refractivity contribution in [2.24, 2.45) is 0 Å². The van der Waals surface area contributed by atoms with Gasteiger partial charge in [0.15, 0.2) is 11.5 Å². The molecule has 0 saturated carbocycles. The van der Waals surface area contributed by atoms with Gasteiger partial charge in [-0.3, -0.25) is 9.69 Å². The number of benzene rings is 1. The van der Waals surface area contributed by atoms with Crippen molar-refractivity contribution in [3.63, 3.8) is 0 Å². The Labute approximate surface area is 133 Å². The summed E-state index contributed by atoms with van der Waals surface area (Å²) in [6, 6.07) is 3.94. The van der Waals surface area contributed by atoms with Crippen molar-refractivity contribution in [1.29, 1.82) is 0 Å². The maximum absolute atomic E-state index is 12.4. The Morgan fingerprint density at radius 1 is 1.35 bits per heavy atom. The van der Waals surface area contributed by atoms with Crippen molar-refractivity contribution in [1.82, 2.24) is 9.80 Å². The van der Waals surface area contributed by atoms with Crippen LogP contribution >= 0.6 is 0 Å². The van der Waals surface area contributed by atoms with Gasteiger partial charge in [-0.2, -0.15) is 0 Å². The Hall–Kier alpha value is -2.44. The summed E-state index contributed by atoms with van der Waals surface area (Å²) in [6.45, 7) is 3.60. The van der Waals surface area contributed by atoms with Gasteiger partial charge in [0.1, 0.15) is 6.10 Å². The highest BCUT2D eigenvalue weighted by Crippen LogP contribution is 2.41. The van der Waals surface area contributed by atoms with Crippen LogP contribution < -0.4 is 9.47 Å². The van der Waals surface area contributed by atoms with Crippen LogP contribution in [0.2, 0.25) is 0 Å². The smallest absolute Gasteiger partial charge is 0.410 e. The maximum atomic E-state index is 12.4. The van der Waals surface area contributed by atoms with E-state index in [-0.39, 0.29) is 25.0 Å². The number of amides is 2. The first-order valence-electron chi connectivity index (χ1n) is 7.72. The van der Waals surface area contributed by atoms with Gasteiger partial charge in [0.05, 0.1) is 13.1 Å². The number of carbonyl (C=O) groups is 2. The number of likely N-dealkylation sites (tertiary alicyclic amines) is 1. The molecular formula is C16H18N2O5. The second-order valence-electron chi connectivity index (χ2n) is 6.19. The first-order valence-corrected chi connectivity index (χ1v) is 7.72.